The molecule has 1 rings (SSSR count). The molecule has 4 heteroatoms. The molecule has 3 nitrogen and oxygen atoms in total. The van der Waals surface area contributed by atoms with Crippen LogP contribution in [0.1, 0.15) is 51.5 Å². The van der Waals surface area contributed by atoms with E-state index in [1.165, 1.54) is 12.8 Å². The average Bonchev–Trinajstić information content (AvgIpc) is 2.34. The van der Waals surface area contributed by atoms with Crippen LogP contribution in [0.5, 0.6) is 0 Å². The lowest BCUT2D eigenvalue weighted by Gasteiger charge is -2.13. The molecule has 0 aliphatic carbocycles. The van der Waals surface area contributed by atoms with Crippen LogP contribution in [-0.2, 0) is 14.3 Å². The largest absolute Gasteiger partial charge is 0.297 e. The normalized spacial score (nSPS) is 13.4. The predicted molar refractivity (Wildman–Crippen MR) is 77.7 cm³/mol. The minimum absolute atomic E-state index is 0.235. The second-order valence-corrected chi connectivity index (χ2v) is 6.60. The molecule has 0 aliphatic heterocycles. The lowest BCUT2D eigenvalue weighted by molar-refractivity contribution is 0.213. The SMILES string of the molecule is CCCCCC[C@H](C)OS(=[18O])(=[18O])c1ccc(C)cc1. The molecule has 19 heavy (non-hydrogen) atoms. The second kappa shape index (κ2) is 7.65. The molecule has 0 bridgehead atoms. The number of rotatable bonds is 8. The molecule has 1 aromatic rings. The van der Waals surface area contributed by atoms with E-state index in [4.69, 9.17) is 4.18 Å². The Morgan fingerprint density at radius 2 is 1.74 bits per heavy atom. The van der Waals surface area contributed by atoms with Gasteiger partial charge < -0.3 is 0 Å². The maximum atomic E-state index is 12.0. The van der Waals surface area contributed by atoms with Gasteiger partial charge in [-0.2, -0.15) is 8.42 Å². The zero-order valence-corrected chi connectivity index (χ0v) is 12.9. The molecule has 0 heterocycles. The lowest BCUT2D eigenvalue weighted by atomic mass is 10.1. The highest BCUT2D eigenvalue weighted by molar-refractivity contribution is 7.86. The molecule has 108 valence electrons. The van der Waals surface area contributed by atoms with Crippen molar-refractivity contribution in [2.24, 2.45) is 0 Å². The quantitative estimate of drug-likeness (QED) is 0.411. The van der Waals surface area contributed by atoms with Gasteiger partial charge in [0.1, 0.15) is 0 Å². The van der Waals surface area contributed by atoms with Crippen LogP contribution in [0, 0.1) is 6.92 Å². The van der Waals surface area contributed by atoms with E-state index in [9.17, 15) is 8.42 Å². The number of unbranched alkanes of at least 4 members (excludes halogenated alkanes) is 3. The molecule has 1 atom stereocenters. The maximum absolute atomic E-state index is 12.0. The van der Waals surface area contributed by atoms with Gasteiger partial charge in [-0.25, -0.2) is 0 Å². The topological polar surface area (TPSA) is 43.4 Å². The molecule has 0 fully saturated rings. The highest BCUT2D eigenvalue weighted by atomic mass is 32.2. The molecule has 0 N–H and O–H groups in total. The van der Waals surface area contributed by atoms with Gasteiger partial charge in [0.15, 0.2) is 0 Å². The van der Waals surface area contributed by atoms with Crippen molar-refractivity contribution in [1.29, 1.82) is 0 Å². The summed E-state index contributed by atoms with van der Waals surface area (Å²) in [5.74, 6) is 0. The fourth-order valence-corrected chi connectivity index (χ4v) is 2.99. The van der Waals surface area contributed by atoms with E-state index < -0.39 is 10.1 Å². The Bertz CT molecular complexity index is 463. The Morgan fingerprint density at radius 1 is 1.11 bits per heavy atom. The predicted octanol–water partition coefficient (Wildman–Crippen LogP) is 4.06. The van der Waals surface area contributed by atoms with Gasteiger partial charge in [-0.3, -0.25) is 4.18 Å². The summed E-state index contributed by atoms with van der Waals surface area (Å²) in [5.41, 5.74) is 1.03. The molecular weight excluding hydrogens is 264 g/mol. The van der Waals surface area contributed by atoms with Crippen LogP contribution in [0.15, 0.2) is 29.2 Å². The van der Waals surface area contributed by atoms with Gasteiger partial charge in [-0.1, -0.05) is 50.3 Å². The van der Waals surface area contributed by atoms with Gasteiger partial charge >= 0.3 is 0 Å². The zero-order chi connectivity index (χ0) is 14.3. The number of hydrogen-bond acceptors (Lipinski definition) is 3. The number of aryl methyl sites for hydroxylation is 1. The van der Waals surface area contributed by atoms with Gasteiger partial charge in [0.2, 0.25) is 0 Å². The molecule has 0 saturated carbocycles. The van der Waals surface area contributed by atoms with E-state index in [0.717, 1.165) is 24.8 Å². The summed E-state index contributed by atoms with van der Waals surface area (Å²) < 4.78 is 29.3. The van der Waals surface area contributed by atoms with E-state index in [1.807, 2.05) is 13.8 Å². The smallest absolute Gasteiger partial charge is 0.263 e. The Hall–Kier alpha value is -0.870. The summed E-state index contributed by atoms with van der Waals surface area (Å²) in [6, 6.07) is 6.74. The second-order valence-electron chi connectivity index (χ2n) is 5.02. The fraction of sp³-hybridized carbons (Fsp3) is 0.600. The van der Waals surface area contributed by atoms with Crippen LogP contribution in [0.25, 0.3) is 0 Å². The highest BCUT2D eigenvalue weighted by Gasteiger charge is 2.18. The fourth-order valence-electron chi connectivity index (χ4n) is 1.88. The first kappa shape index (κ1) is 16.2. The summed E-state index contributed by atoms with van der Waals surface area (Å²) in [6.07, 6.45) is 5.04. The third kappa shape index (κ3) is 5.74. The molecule has 0 amide bonds. The van der Waals surface area contributed by atoms with Crippen molar-refractivity contribution in [3.63, 3.8) is 0 Å². The summed E-state index contributed by atoms with van der Waals surface area (Å²) in [4.78, 5) is 0.235. The number of hydrogen-bond donors (Lipinski definition) is 0. The van der Waals surface area contributed by atoms with E-state index in [2.05, 4.69) is 6.92 Å². The lowest BCUT2D eigenvalue weighted by Crippen LogP contribution is -2.15. The average molecular weight is 288 g/mol. The molecule has 0 radical (unpaired) electrons. The van der Waals surface area contributed by atoms with Crippen LogP contribution in [0.2, 0.25) is 0 Å². The molecule has 0 saturated heterocycles. The van der Waals surface area contributed by atoms with Crippen molar-refractivity contribution >= 4 is 10.1 Å². The monoisotopic (exact) mass is 288 g/mol. The maximum Gasteiger partial charge on any atom is 0.297 e. The third-order valence-electron chi connectivity index (χ3n) is 3.06. The van der Waals surface area contributed by atoms with Crippen LogP contribution in [0.3, 0.4) is 0 Å². The van der Waals surface area contributed by atoms with Crippen molar-refractivity contribution in [3.8, 4) is 0 Å². The van der Waals surface area contributed by atoms with Gasteiger partial charge in [-0.05, 0) is 32.4 Å². The first-order valence-corrected chi connectivity index (χ1v) is 8.36. The highest BCUT2D eigenvalue weighted by Crippen LogP contribution is 2.17. The number of benzene rings is 1. The van der Waals surface area contributed by atoms with E-state index in [-0.39, 0.29) is 11.0 Å². The zero-order valence-electron chi connectivity index (χ0n) is 12.1. The van der Waals surface area contributed by atoms with Crippen LogP contribution in [-0.4, -0.2) is 14.5 Å². The van der Waals surface area contributed by atoms with Crippen LogP contribution < -0.4 is 0 Å². The molecule has 1 aromatic carbocycles. The first-order chi connectivity index (χ1) is 8.95. The van der Waals surface area contributed by atoms with Gasteiger partial charge in [0, 0.05) is 0 Å². The van der Waals surface area contributed by atoms with Crippen LogP contribution in [0.4, 0.5) is 0 Å². The van der Waals surface area contributed by atoms with Crippen LogP contribution >= 0.6 is 0 Å². The van der Waals surface area contributed by atoms with Gasteiger partial charge in [0.05, 0.1) is 11.0 Å². The third-order valence-corrected chi connectivity index (χ3v) is 4.50. The summed E-state index contributed by atoms with van der Waals surface area (Å²) in [7, 11) is -3.62. The Morgan fingerprint density at radius 3 is 2.32 bits per heavy atom. The molecule has 0 aromatic heterocycles. The molecule has 0 unspecified atom stereocenters. The van der Waals surface area contributed by atoms with Crippen molar-refractivity contribution in [3.05, 3.63) is 29.8 Å². The molecule has 0 aliphatic rings. The standard InChI is InChI=1S/C15H24O3S/c1-4-5-6-7-8-14(3)18-19(16,17)15-11-9-13(2)10-12-15/h9-12,14H,4-8H2,1-3H3/t14-/m0/s1/i16+2,17+2. The molecular formula is C15H24O3S. The van der Waals surface area contributed by atoms with Gasteiger partial charge in [-0.15, -0.1) is 0 Å². The van der Waals surface area contributed by atoms with E-state index in [1.54, 1.807) is 24.3 Å². The Labute approximate surface area is 117 Å². The summed E-state index contributed by atoms with van der Waals surface area (Å²) in [6.45, 7) is 5.90. The summed E-state index contributed by atoms with van der Waals surface area (Å²) >= 11 is 0. The van der Waals surface area contributed by atoms with Crippen molar-refractivity contribution in [2.45, 2.75) is 63.9 Å². The first-order valence-electron chi connectivity index (χ1n) is 6.95. The van der Waals surface area contributed by atoms with E-state index >= 15 is 0 Å². The minimum atomic E-state index is -3.62. The Balaban J connectivity index is 2.52. The molecule has 0 spiro atoms. The van der Waals surface area contributed by atoms with Crippen molar-refractivity contribution in [2.75, 3.05) is 0 Å². The summed E-state index contributed by atoms with van der Waals surface area (Å²) in [5, 5.41) is 0. The van der Waals surface area contributed by atoms with E-state index in [0.29, 0.717) is 0 Å². The van der Waals surface area contributed by atoms with Crippen molar-refractivity contribution < 1.29 is 12.6 Å². The van der Waals surface area contributed by atoms with Gasteiger partial charge in [0.25, 0.3) is 10.1 Å². The minimum Gasteiger partial charge on any atom is -0.263 e. The Kier molecular flexibility index (Phi) is 6.52. The van der Waals surface area contributed by atoms with Crippen molar-refractivity contribution in [1.82, 2.24) is 0 Å².